The van der Waals surface area contributed by atoms with Gasteiger partial charge in [-0.2, -0.15) is 23.5 Å². The first kappa shape index (κ1) is 26.7. The van der Waals surface area contributed by atoms with E-state index in [1.807, 2.05) is 4.90 Å². The van der Waals surface area contributed by atoms with E-state index in [0.29, 0.717) is 23.0 Å². The lowest BCUT2D eigenvalue weighted by Crippen LogP contribution is -2.43. The highest BCUT2D eigenvalue weighted by atomic mass is 35.5. The van der Waals surface area contributed by atoms with Crippen LogP contribution in [-0.2, 0) is 16.0 Å². The van der Waals surface area contributed by atoms with Crippen molar-refractivity contribution in [2.24, 2.45) is 5.92 Å². The van der Waals surface area contributed by atoms with Crippen LogP contribution in [0.5, 0.6) is 0 Å². The molecule has 0 saturated carbocycles. The van der Waals surface area contributed by atoms with Gasteiger partial charge >= 0.3 is 6.18 Å². The third-order valence-electron chi connectivity index (χ3n) is 7.30. The van der Waals surface area contributed by atoms with Gasteiger partial charge in [0.1, 0.15) is 6.42 Å². The second-order valence-electron chi connectivity index (χ2n) is 9.73. The minimum Gasteiger partial charge on any atom is -0.341 e. The molecule has 2 aliphatic heterocycles. The van der Waals surface area contributed by atoms with E-state index in [0.717, 1.165) is 36.2 Å². The number of hydrogen-bond donors (Lipinski definition) is 0. The van der Waals surface area contributed by atoms with Crippen LogP contribution in [0.1, 0.15) is 36.6 Å². The highest BCUT2D eigenvalue weighted by Crippen LogP contribution is 2.40. The molecule has 13 heteroatoms. The number of amides is 2. The van der Waals surface area contributed by atoms with Gasteiger partial charge in [0, 0.05) is 38.4 Å². The van der Waals surface area contributed by atoms with Crippen LogP contribution in [0, 0.1) is 17.2 Å². The molecular weight excluding hydrogens is 535 g/mol. The first-order valence-electron chi connectivity index (χ1n) is 12.5. The molecule has 9 nitrogen and oxygen atoms in total. The number of fused-ring (bicyclic) bond motifs is 3. The Morgan fingerprint density at radius 2 is 2.00 bits per heavy atom. The number of nitriles is 1. The zero-order chi connectivity index (χ0) is 27.9. The van der Waals surface area contributed by atoms with Crippen LogP contribution in [0.25, 0.3) is 5.65 Å². The van der Waals surface area contributed by atoms with Gasteiger partial charge in [-0.05, 0) is 37.0 Å². The molecule has 2 aliphatic rings. The lowest BCUT2D eigenvalue weighted by molar-refractivity contribution is -0.190. The molecule has 4 heterocycles. The number of carbonyl (C=O) groups excluding carboxylic acids is 2. The first-order chi connectivity index (χ1) is 18.6. The largest absolute Gasteiger partial charge is 0.413 e. The van der Waals surface area contributed by atoms with E-state index in [9.17, 15) is 22.8 Å². The first-order valence-corrected chi connectivity index (χ1v) is 12.8. The molecule has 3 aromatic rings. The molecule has 1 saturated heterocycles. The summed E-state index contributed by atoms with van der Waals surface area (Å²) in [5, 5.41) is 13.4. The molecule has 0 radical (unpaired) electrons. The van der Waals surface area contributed by atoms with E-state index in [1.165, 1.54) is 17.0 Å². The summed E-state index contributed by atoms with van der Waals surface area (Å²) in [7, 11) is 1.14. The number of alkyl halides is 3. The average molecular weight is 560 g/mol. The topological polar surface area (TPSA) is 97.8 Å². The number of carbonyl (C=O) groups is 2. The molecule has 1 aromatic carbocycles. The van der Waals surface area contributed by atoms with E-state index in [2.05, 4.69) is 10.1 Å². The normalized spacial score (nSPS) is 18.1. The highest BCUT2D eigenvalue weighted by molar-refractivity contribution is 6.29. The van der Waals surface area contributed by atoms with Crippen molar-refractivity contribution in [2.45, 2.75) is 37.9 Å². The predicted molar refractivity (Wildman–Crippen MR) is 136 cm³/mol. The van der Waals surface area contributed by atoms with Crippen molar-refractivity contribution in [1.29, 1.82) is 5.26 Å². The summed E-state index contributed by atoms with van der Waals surface area (Å²) in [5.41, 5.74) is 2.97. The van der Waals surface area contributed by atoms with Gasteiger partial charge in [-0.15, -0.1) is 0 Å². The Bertz CT molecular complexity index is 1450. The van der Waals surface area contributed by atoms with Gasteiger partial charge in [0.25, 0.3) is 0 Å². The van der Waals surface area contributed by atoms with E-state index >= 15 is 0 Å². The summed E-state index contributed by atoms with van der Waals surface area (Å²) in [6.45, 7) is 0.891. The molecular formula is C26H25ClF3N7O2. The maximum absolute atomic E-state index is 14.3. The van der Waals surface area contributed by atoms with Gasteiger partial charge in [-0.1, -0.05) is 23.7 Å². The quantitative estimate of drug-likeness (QED) is 0.462. The molecule has 39 heavy (non-hydrogen) atoms. The Hall–Kier alpha value is -3.85. The molecule has 0 aliphatic carbocycles. The van der Waals surface area contributed by atoms with E-state index in [4.69, 9.17) is 16.9 Å². The Morgan fingerprint density at radius 3 is 2.69 bits per heavy atom. The summed E-state index contributed by atoms with van der Waals surface area (Å²) in [4.78, 5) is 33.5. The number of nitrogens with zero attached hydrogens (tertiary/aromatic N) is 7. The maximum Gasteiger partial charge on any atom is 0.413 e. The second-order valence-corrected chi connectivity index (χ2v) is 10.1. The Labute approximate surface area is 227 Å². The van der Waals surface area contributed by atoms with Gasteiger partial charge in [-0.3, -0.25) is 9.59 Å². The Morgan fingerprint density at radius 1 is 1.26 bits per heavy atom. The summed E-state index contributed by atoms with van der Waals surface area (Å²) < 4.78 is 44.5. The molecule has 0 spiro atoms. The van der Waals surface area contributed by atoms with Gasteiger partial charge < -0.3 is 14.7 Å². The molecule has 0 unspecified atom stereocenters. The molecule has 2 aromatic heterocycles. The minimum absolute atomic E-state index is 0.00430. The molecule has 2 amide bonds. The number of likely N-dealkylation sites (tertiary alicyclic amines) is 1. The van der Waals surface area contributed by atoms with Crippen molar-refractivity contribution < 1.29 is 22.8 Å². The zero-order valence-electron chi connectivity index (χ0n) is 21.0. The number of aryl methyl sites for hydroxylation is 1. The van der Waals surface area contributed by atoms with Crippen LogP contribution in [0.15, 0.2) is 36.5 Å². The van der Waals surface area contributed by atoms with Gasteiger partial charge in [-0.25, -0.2) is 9.50 Å². The van der Waals surface area contributed by atoms with Crippen LogP contribution in [0.2, 0.25) is 5.15 Å². The molecule has 204 valence electrons. The van der Waals surface area contributed by atoms with Crippen LogP contribution < -0.4 is 4.90 Å². The monoisotopic (exact) mass is 559 g/mol. The number of hydrogen-bond acceptors (Lipinski definition) is 6. The smallest absolute Gasteiger partial charge is 0.341 e. The van der Waals surface area contributed by atoms with Crippen LogP contribution in [-0.4, -0.2) is 69.1 Å². The van der Waals surface area contributed by atoms with Crippen molar-refractivity contribution in [3.05, 3.63) is 52.9 Å². The lowest BCUT2D eigenvalue weighted by atomic mass is 10.0. The van der Waals surface area contributed by atoms with Crippen molar-refractivity contribution in [2.75, 3.05) is 31.6 Å². The molecule has 1 fully saturated rings. The van der Waals surface area contributed by atoms with Crippen molar-refractivity contribution in [1.82, 2.24) is 24.4 Å². The predicted octanol–water partition coefficient (Wildman–Crippen LogP) is 4.29. The summed E-state index contributed by atoms with van der Waals surface area (Å²) >= 11 is 6.05. The van der Waals surface area contributed by atoms with Gasteiger partial charge in [0.15, 0.2) is 16.8 Å². The third kappa shape index (κ3) is 5.11. The molecule has 0 bridgehead atoms. The fourth-order valence-electron chi connectivity index (χ4n) is 5.45. The zero-order valence-corrected chi connectivity index (χ0v) is 21.8. The molecule has 0 N–H and O–H groups in total. The summed E-state index contributed by atoms with van der Waals surface area (Å²) in [5.74, 6) is -1.87. The SMILES string of the molecule is CN(C(=O)[C@@H]1CCN(C(=O)CC#N)C1)[C@@H](c1ccc(N2CCCc3c2cnc2cc(Cl)nn32)cc1)C(F)(F)F. The number of halogens is 4. The fourth-order valence-corrected chi connectivity index (χ4v) is 5.62. The maximum atomic E-state index is 14.3. The average Bonchev–Trinajstić information content (AvgIpc) is 3.54. The lowest BCUT2D eigenvalue weighted by Gasteiger charge is -2.33. The fraction of sp³-hybridized carbons (Fsp3) is 0.423. The van der Waals surface area contributed by atoms with Gasteiger partial charge in [0.05, 0.1) is 29.6 Å². The van der Waals surface area contributed by atoms with Crippen LogP contribution >= 0.6 is 11.6 Å². The minimum atomic E-state index is -4.71. The standard InChI is InChI=1S/C26H25ClF3N7O2/c1-34(25(39)17-9-12-35(15-17)23(38)8-10-31)24(26(28,29)30)16-4-6-18(7-5-16)36-11-2-3-19-20(36)14-32-22-13-21(27)33-37(19)22/h4-7,13-14,17,24H,2-3,8-9,11-12,15H2,1H3/t17-,24+/m1/s1. The number of benzene rings is 1. The number of anilines is 2. The van der Waals surface area contributed by atoms with Crippen LogP contribution in [0.4, 0.5) is 24.5 Å². The molecule has 2 atom stereocenters. The van der Waals surface area contributed by atoms with Crippen LogP contribution in [0.3, 0.4) is 0 Å². The highest BCUT2D eigenvalue weighted by Gasteiger charge is 2.47. The Balaban J connectivity index is 1.38. The number of rotatable bonds is 5. The van der Waals surface area contributed by atoms with E-state index < -0.39 is 30.0 Å². The second kappa shape index (κ2) is 10.4. The van der Waals surface area contributed by atoms with Crippen molar-refractivity contribution >= 4 is 40.4 Å². The van der Waals surface area contributed by atoms with Gasteiger partial charge in [0.2, 0.25) is 11.8 Å². The van der Waals surface area contributed by atoms with Crippen molar-refractivity contribution in [3.63, 3.8) is 0 Å². The number of aromatic nitrogens is 3. The molecule has 5 rings (SSSR count). The summed E-state index contributed by atoms with van der Waals surface area (Å²) in [6, 6.07) is 7.28. The third-order valence-corrected chi connectivity index (χ3v) is 7.49. The van der Waals surface area contributed by atoms with Crippen molar-refractivity contribution in [3.8, 4) is 6.07 Å². The Kier molecular flexibility index (Phi) is 7.11. The van der Waals surface area contributed by atoms with E-state index in [1.54, 1.807) is 35.0 Å². The summed E-state index contributed by atoms with van der Waals surface area (Å²) in [6.07, 6.45) is -1.51. The van der Waals surface area contributed by atoms with E-state index in [-0.39, 0.29) is 31.5 Å².